The van der Waals surface area contributed by atoms with Gasteiger partial charge in [0.15, 0.2) is 0 Å². The van der Waals surface area contributed by atoms with Crippen LogP contribution >= 0.6 is 0 Å². The van der Waals surface area contributed by atoms with E-state index in [1.165, 1.54) is 0 Å². The predicted molar refractivity (Wildman–Crippen MR) is 30.1 cm³/mol. The van der Waals surface area contributed by atoms with Gasteiger partial charge in [-0.25, -0.2) is 0 Å². The largest absolute Gasteiger partial charge is 0.371 e. The van der Waals surface area contributed by atoms with Crippen molar-refractivity contribution in [2.75, 3.05) is 7.05 Å². The van der Waals surface area contributed by atoms with Gasteiger partial charge >= 0.3 is 5.97 Å². The Balaban J connectivity index is 3.06. The molecule has 0 heterocycles. The molecule has 0 aliphatic carbocycles. The SMILES string of the molecule is CCCC(=O)ONC. The average molecular weight is 117 g/mol. The normalized spacial score (nSPS) is 8.75. The Bertz CT molecular complexity index is 64.8. The highest BCUT2D eigenvalue weighted by atomic mass is 16.7. The molecule has 0 aromatic rings. The monoisotopic (exact) mass is 117 g/mol. The molecule has 0 fully saturated rings. The highest BCUT2D eigenvalue weighted by molar-refractivity contribution is 5.68. The number of nitrogens with one attached hydrogen (secondary N) is 1. The Morgan fingerprint density at radius 3 is 2.75 bits per heavy atom. The fraction of sp³-hybridized carbons (Fsp3) is 0.800. The molecule has 48 valence electrons. The molecule has 3 heteroatoms. The first-order valence-corrected chi connectivity index (χ1v) is 2.67. The molecule has 3 nitrogen and oxygen atoms in total. The molecule has 0 unspecified atom stereocenters. The van der Waals surface area contributed by atoms with Crippen LogP contribution in [0.1, 0.15) is 19.8 Å². The van der Waals surface area contributed by atoms with E-state index in [1.54, 1.807) is 7.05 Å². The molecule has 0 aromatic carbocycles. The number of hydrogen-bond acceptors (Lipinski definition) is 3. The first-order chi connectivity index (χ1) is 3.81. The Hall–Kier alpha value is -0.570. The van der Waals surface area contributed by atoms with E-state index in [-0.39, 0.29) is 5.97 Å². The van der Waals surface area contributed by atoms with Gasteiger partial charge in [0, 0.05) is 13.5 Å². The van der Waals surface area contributed by atoms with Crippen molar-refractivity contribution in [2.45, 2.75) is 19.8 Å². The molecule has 0 bridgehead atoms. The maximum Gasteiger partial charge on any atom is 0.324 e. The maximum atomic E-state index is 10.4. The van der Waals surface area contributed by atoms with E-state index in [9.17, 15) is 4.79 Å². The van der Waals surface area contributed by atoms with Gasteiger partial charge in [-0.3, -0.25) is 4.79 Å². The van der Waals surface area contributed by atoms with Crippen molar-refractivity contribution in [2.24, 2.45) is 0 Å². The van der Waals surface area contributed by atoms with Crippen LogP contribution in [0.15, 0.2) is 0 Å². The van der Waals surface area contributed by atoms with Gasteiger partial charge in [0.1, 0.15) is 0 Å². The Labute approximate surface area is 49.0 Å². The smallest absolute Gasteiger partial charge is 0.324 e. The van der Waals surface area contributed by atoms with Crippen molar-refractivity contribution in [3.63, 3.8) is 0 Å². The highest BCUT2D eigenvalue weighted by Gasteiger charge is 1.95. The molecule has 0 saturated carbocycles. The maximum absolute atomic E-state index is 10.4. The Morgan fingerprint density at radius 1 is 1.75 bits per heavy atom. The molecular weight excluding hydrogens is 106 g/mol. The molecule has 8 heavy (non-hydrogen) atoms. The van der Waals surface area contributed by atoms with Gasteiger partial charge in [0.05, 0.1) is 0 Å². The van der Waals surface area contributed by atoms with Crippen LogP contribution in [0.2, 0.25) is 0 Å². The van der Waals surface area contributed by atoms with Crippen LogP contribution in [-0.4, -0.2) is 13.0 Å². The first-order valence-electron chi connectivity index (χ1n) is 2.67. The molecule has 0 radical (unpaired) electrons. The lowest BCUT2D eigenvalue weighted by Gasteiger charge is -1.96. The van der Waals surface area contributed by atoms with Gasteiger partial charge in [-0.05, 0) is 6.42 Å². The minimum Gasteiger partial charge on any atom is -0.371 e. The van der Waals surface area contributed by atoms with Crippen molar-refractivity contribution in [3.8, 4) is 0 Å². The quantitative estimate of drug-likeness (QED) is 0.546. The van der Waals surface area contributed by atoms with Gasteiger partial charge in [-0.15, -0.1) is 0 Å². The summed E-state index contributed by atoms with van der Waals surface area (Å²) in [5.74, 6) is -0.199. The zero-order valence-electron chi connectivity index (χ0n) is 5.23. The summed E-state index contributed by atoms with van der Waals surface area (Å²) < 4.78 is 0. The van der Waals surface area contributed by atoms with Crippen molar-refractivity contribution >= 4 is 5.97 Å². The summed E-state index contributed by atoms with van der Waals surface area (Å²) in [6.07, 6.45) is 1.32. The topological polar surface area (TPSA) is 38.3 Å². The number of rotatable bonds is 3. The molecule has 0 aliphatic heterocycles. The van der Waals surface area contributed by atoms with Gasteiger partial charge in [-0.1, -0.05) is 6.92 Å². The van der Waals surface area contributed by atoms with E-state index < -0.39 is 0 Å². The molecule has 0 saturated heterocycles. The van der Waals surface area contributed by atoms with Gasteiger partial charge in [0.2, 0.25) is 0 Å². The standard InChI is InChI=1S/C5H11NO2/c1-3-4-5(7)8-6-2/h6H,3-4H2,1-2H3. The lowest BCUT2D eigenvalue weighted by molar-refractivity contribution is -0.149. The van der Waals surface area contributed by atoms with Crippen LogP contribution in [0, 0.1) is 0 Å². The Kier molecular flexibility index (Phi) is 4.26. The number of carbonyl (C=O) groups excluding carboxylic acids is 1. The summed E-state index contributed by atoms with van der Waals surface area (Å²) in [4.78, 5) is 14.8. The van der Waals surface area contributed by atoms with Crippen molar-refractivity contribution in [1.82, 2.24) is 5.48 Å². The third-order valence-electron chi connectivity index (χ3n) is 0.670. The van der Waals surface area contributed by atoms with E-state index >= 15 is 0 Å². The summed E-state index contributed by atoms with van der Waals surface area (Å²) in [7, 11) is 1.56. The zero-order chi connectivity index (χ0) is 6.41. The van der Waals surface area contributed by atoms with E-state index in [2.05, 4.69) is 10.3 Å². The van der Waals surface area contributed by atoms with Gasteiger partial charge < -0.3 is 4.84 Å². The highest BCUT2D eigenvalue weighted by Crippen LogP contribution is 1.86. The van der Waals surface area contributed by atoms with Crippen LogP contribution < -0.4 is 5.48 Å². The van der Waals surface area contributed by atoms with Crippen LogP contribution in [0.3, 0.4) is 0 Å². The lowest BCUT2D eigenvalue weighted by atomic mass is 10.3. The molecule has 0 spiro atoms. The lowest BCUT2D eigenvalue weighted by Crippen LogP contribution is -2.14. The van der Waals surface area contributed by atoms with Crippen LogP contribution in [-0.2, 0) is 9.63 Å². The van der Waals surface area contributed by atoms with Crippen molar-refractivity contribution in [1.29, 1.82) is 0 Å². The minimum absolute atomic E-state index is 0.199. The molecule has 0 aromatic heterocycles. The summed E-state index contributed by atoms with van der Waals surface area (Å²) >= 11 is 0. The third kappa shape index (κ3) is 3.61. The van der Waals surface area contributed by atoms with E-state index in [0.717, 1.165) is 6.42 Å². The number of carbonyl (C=O) groups is 1. The van der Waals surface area contributed by atoms with Crippen LogP contribution in [0.5, 0.6) is 0 Å². The van der Waals surface area contributed by atoms with Gasteiger partial charge in [0.25, 0.3) is 0 Å². The summed E-state index contributed by atoms with van der Waals surface area (Å²) in [5.41, 5.74) is 2.30. The number of hydrogen-bond donors (Lipinski definition) is 1. The van der Waals surface area contributed by atoms with E-state index in [1.807, 2.05) is 6.92 Å². The van der Waals surface area contributed by atoms with Crippen LogP contribution in [0.25, 0.3) is 0 Å². The second-order valence-corrected chi connectivity index (χ2v) is 1.43. The fourth-order valence-corrected chi connectivity index (χ4v) is 0.369. The molecule has 0 rings (SSSR count). The fourth-order valence-electron chi connectivity index (χ4n) is 0.369. The number of hydroxylamine groups is 1. The summed E-state index contributed by atoms with van der Waals surface area (Å²) in [6, 6.07) is 0. The minimum atomic E-state index is -0.199. The molecular formula is C5H11NO2. The van der Waals surface area contributed by atoms with E-state index in [4.69, 9.17) is 0 Å². The molecule has 0 amide bonds. The summed E-state index contributed by atoms with van der Waals surface area (Å²) in [6.45, 7) is 1.93. The third-order valence-corrected chi connectivity index (χ3v) is 0.670. The molecule has 0 aliphatic rings. The average Bonchev–Trinajstić information content (AvgIpc) is 1.68. The molecule has 0 atom stereocenters. The summed E-state index contributed by atoms with van der Waals surface area (Å²) in [5, 5.41) is 0. The molecule has 1 N–H and O–H groups in total. The second-order valence-electron chi connectivity index (χ2n) is 1.43. The van der Waals surface area contributed by atoms with Gasteiger partial charge in [-0.2, -0.15) is 5.48 Å². The van der Waals surface area contributed by atoms with Crippen molar-refractivity contribution < 1.29 is 9.63 Å². The second kappa shape index (κ2) is 4.59. The Morgan fingerprint density at radius 2 is 2.38 bits per heavy atom. The van der Waals surface area contributed by atoms with E-state index in [0.29, 0.717) is 6.42 Å². The van der Waals surface area contributed by atoms with Crippen molar-refractivity contribution in [3.05, 3.63) is 0 Å². The predicted octanol–water partition coefficient (Wildman–Crippen LogP) is 0.464. The zero-order valence-corrected chi connectivity index (χ0v) is 5.23. The first kappa shape index (κ1) is 7.43. The van der Waals surface area contributed by atoms with Crippen LogP contribution in [0.4, 0.5) is 0 Å².